The number of benzene rings is 1. The van der Waals surface area contributed by atoms with Crippen LogP contribution in [0.3, 0.4) is 0 Å². The standard InChI is InChI=1S/C10H11BrO2/c1-2-6-5-8(12)7-3-4-13-10(7)9(6)11/h5,12H,2-4H2,1H3. The molecule has 0 spiro atoms. The molecule has 0 fully saturated rings. The molecule has 0 bridgehead atoms. The summed E-state index contributed by atoms with van der Waals surface area (Å²) < 4.78 is 6.45. The lowest BCUT2D eigenvalue weighted by atomic mass is 10.1. The van der Waals surface area contributed by atoms with Crippen LogP contribution < -0.4 is 4.74 Å². The summed E-state index contributed by atoms with van der Waals surface area (Å²) in [7, 11) is 0. The second kappa shape index (κ2) is 3.22. The minimum Gasteiger partial charge on any atom is -0.508 e. The van der Waals surface area contributed by atoms with Gasteiger partial charge in [0.25, 0.3) is 0 Å². The molecule has 1 aliphatic rings. The fourth-order valence-corrected chi connectivity index (χ4v) is 2.36. The molecule has 0 aliphatic carbocycles. The van der Waals surface area contributed by atoms with Crippen molar-refractivity contribution in [1.29, 1.82) is 0 Å². The van der Waals surface area contributed by atoms with Crippen molar-refractivity contribution < 1.29 is 9.84 Å². The molecule has 0 saturated carbocycles. The third-order valence-electron chi connectivity index (χ3n) is 2.35. The lowest BCUT2D eigenvalue weighted by Crippen LogP contribution is -1.89. The van der Waals surface area contributed by atoms with Crippen LogP contribution in [0.5, 0.6) is 11.5 Å². The fourth-order valence-electron chi connectivity index (χ4n) is 1.61. The van der Waals surface area contributed by atoms with Gasteiger partial charge in [0.05, 0.1) is 11.1 Å². The molecule has 1 aliphatic heterocycles. The van der Waals surface area contributed by atoms with Crippen molar-refractivity contribution in [1.82, 2.24) is 0 Å². The van der Waals surface area contributed by atoms with Gasteiger partial charge in [-0.25, -0.2) is 0 Å². The molecule has 2 rings (SSSR count). The number of rotatable bonds is 1. The molecule has 2 nitrogen and oxygen atoms in total. The zero-order valence-electron chi connectivity index (χ0n) is 7.43. The number of phenolic OH excluding ortho intramolecular Hbond substituents is 1. The summed E-state index contributed by atoms with van der Waals surface area (Å²) in [4.78, 5) is 0. The van der Waals surface area contributed by atoms with Gasteiger partial charge < -0.3 is 9.84 Å². The van der Waals surface area contributed by atoms with Gasteiger partial charge in [-0.3, -0.25) is 0 Å². The number of phenols is 1. The smallest absolute Gasteiger partial charge is 0.140 e. The molecule has 1 aromatic rings. The van der Waals surface area contributed by atoms with Crippen LogP contribution in [-0.2, 0) is 12.8 Å². The van der Waals surface area contributed by atoms with Crippen LogP contribution in [-0.4, -0.2) is 11.7 Å². The third-order valence-corrected chi connectivity index (χ3v) is 3.22. The third kappa shape index (κ3) is 1.31. The van der Waals surface area contributed by atoms with E-state index in [-0.39, 0.29) is 0 Å². The SMILES string of the molecule is CCc1cc(O)c2c(c1Br)OCC2. The van der Waals surface area contributed by atoms with Gasteiger partial charge in [-0.15, -0.1) is 0 Å². The summed E-state index contributed by atoms with van der Waals surface area (Å²) >= 11 is 3.49. The summed E-state index contributed by atoms with van der Waals surface area (Å²) in [6.07, 6.45) is 1.70. The van der Waals surface area contributed by atoms with E-state index >= 15 is 0 Å². The summed E-state index contributed by atoms with van der Waals surface area (Å²) in [5.41, 5.74) is 2.03. The van der Waals surface area contributed by atoms with Crippen molar-refractivity contribution >= 4 is 15.9 Å². The molecule has 0 amide bonds. The lowest BCUT2D eigenvalue weighted by Gasteiger charge is -2.08. The summed E-state index contributed by atoms with van der Waals surface area (Å²) in [5.74, 6) is 1.20. The molecule has 1 N–H and O–H groups in total. The number of fused-ring (bicyclic) bond motifs is 1. The van der Waals surface area contributed by atoms with Crippen molar-refractivity contribution in [2.45, 2.75) is 19.8 Å². The average Bonchev–Trinajstić information content (AvgIpc) is 2.60. The van der Waals surface area contributed by atoms with Crippen molar-refractivity contribution in [3.8, 4) is 11.5 Å². The minimum absolute atomic E-state index is 0.368. The summed E-state index contributed by atoms with van der Waals surface area (Å²) in [5, 5.41) is 9.67. The van der Waals surface area contributed by atoms with E-state index in [1.807, 2.05) is 6.07 Å². The Morgan fingerprint density at radius 2 is 2.38 bits per heavy atom. The zero-order valence-corrected chi connectivity index (χ0v) is 9.02. The Balaban J connectivity index is 2.62. The van der Waals surface area contributed by atoms with Crippen molar-refractivity contribution in [2.24, 2.45) is 0 Å². The monoisotopic (exact) mass is 242 g/mol. The molecule has 0 atom stereocenters. The fraction of sp³-hybridized carbons (Fsp3) is 0.400. The Hall–Kier alpha value is -0.700. The first-order chi connectivity index (χ1) is 6.24. The topological polar surface area (TPSA) is 29.5 Å². The summed E-state index contributed by atoms with van der Waals surface area (Å²) in [6, 6.07) is 1.82. The van der Waals surface area contributed by atoms with Crippen LogP contribution >= 0.6 is 15.9 Å². The lowest BCUT2D eigenvalue weighted by molar-refractivity contribution is 0.354. The first kappa shape index (κ1) is 8.88. The quantitative estimate of drug-likeness (QED) is 0.821. The molecule has 0 aromatic heterocycles. The van der Waals surface area contributed by atoms with E-state index in [1.54, 1.807) is 0 Å². The van der Waals surface area contributed by atoms with E-state index in [0.717, 1.165) is 34.2 Å². The van der Waals surface area contributed by atoms with Gasteiger partial charge in [0.15, 0.2) is 0 Å². The predicted molar refractivity (Wildman–Crippen MR) is 54.4 cm³/mol. The van der Waals surface area contributed by atoms with Gasteiger partial charge in [-0.2, -0.15) is 0 Å². The molecule has 0 radical (unpaired) electrons. The second-order valence-corrected chi connectivity index (χ2v) is 3.92. The van der Waals surface area contributed by atoms with E-state index < -0.39 is 0 Å². The second-order valence-electron chi connectivity index (χ2n) is 3.13. The van der Waals surface area contributed by atoms with E-state index in [2.05, 4.69) is 22.9 Å². The van der Waals surface area contributed by atoms with Gasteiger partial charge in [0.2, 0.25) is 0 Å². The molecule has 3 heteroatoms. The maximum Gasteiger partial charge on any atom is 0.140 e. The number of hydrogen-bond donors (Lipinski definition) is 1. The molecular formula is C10H11BrO2. The molecule has 13 heavy (non-hydrogen) atoms. The van der Waals surface area contributed by atoms with E-state index in [4.69, 9.17) is 4.74 Å². The number of ether oxygens (including phenoxy) is 1. The maximum atomic E-state index is 9.67. The van der Waals surface area contributed by atoms with Gasteiger partial charge in [0.1, 0.15) is 11.5 Å². The van der Waals surface area contributed by atoms with Crippen LogP contribution in [0.2, 0.25) is 0 Å². The number of aryl methyl sites for hydroxylation is 1. The molecular weight excluding hydrogens is 232 g/mol. The Bertz CT molecular complexity index is 347. The number of aromatic hydroxyl groups is 1. The Labute approximate surface area is 85.7 Å². The predicted octanol–water partition coefficient (Wildman–Crippen LogP) is 2.65. The minimum atomic E-state index is 0.368. The van der Waals surface area contributed by atoms with E-state index in [0.29, 0.717) is 12.4 Å². The van der Waals surface area contributed by atoms with Crippen LogP contribution in [0.15, 0.2) is 10.5 Å². The van der Waals surface area contributed by atoms with E-state index in [9.17, 15) is 5.11 Å². The number of halogens is 1. The van der Waals surface area contributed by atoms with Crippen molar-refractivity contribution in [3.05, 3.63) is 21.7 Å². The highest BCUT2D eigenvalue weighted by Crippen LogP contribution is 2.41. The average molecular weight is 243 g/mol. The largest absolute Gasteiger partial charge is 0.508 e. The van der Waals surface area contributed by atoms with Crippen LogP contribution in [0.1, 0.15) is 18.1 Å². The summed E-state index contributed by atoms with van der Waals surface area (Å²) in [6.45, 7) is 2.73. The highest BCUT2D eigenvalue weighted by molar-refractivity contribution is 9.10. The van der Waals surface area contributed by atoms with Crippen molar-refractivity contribution in [2.75, 3.05) is 6.61 Å². The normalized spacial score (nSPS) is 14.0. The molecule has 70 valence electrons. The van der Waals surface area contributed by atoms with E-state index in [1.165, 1.54) is 0 Å². The molecule has 0 saturated heterocycles. The van der Waals surface area contributed by atoms with Crippen molar-refractivity contribution in [3.63, 3.8) is 0 Å². The highest BCUT2D eigenvalue weighted by atomic mass is 79.9. The molecule has 1 aromatic carbocycles. The van der Waals surface area contributed by atoms with Crippen LogP contribution in [0.25, 0.3) is 0 Å². The van der Waals surface area contributed by atoms with Gasteiger partial charge in [-0.05, 0) is 34.0 Å². The molecule has 1 heterocycles. The van der Waals surface area contributed by atoms with Gasteiger partial charge in [0, 0.05) is 12.0 Å². The Morgan fingerprint density at radius 3 is 3.08 bits per heavy atom. The maximum absolute atomic E-state index is 9.67. The van der Waals surface area contributed by atoms with Crippen LogP contribution in [0.4, 0.5) is 0 Å². The number of hydrogen-bond acceptors (Lipinski definition) is 2. The highest BCUT2D eigenvalue weighted by Gasteiger charge is 2.21. The zero-order chi connectivity index (χ0) is 9.42. The Morgan fingerprint density at radius 1 is 1.62 bits per heavy atom. The first-order valence-electron chi connectivity index (χ1n) is 4.40. The first-order valence-corrected chi connectivity index (χ1v) is 5.19. The van der Waals surface area contributed by atoms with Crippen LogP contribution in [0, 0.1) is 0 Å². The Kier molecular flexibility index (Phi) is 2.20. The van der Waals surface area contributed by atoms with Gasteiger partial charge in [-0.1, -0.05) is 6.92 Å². The van der Waals surface area contributed by atoms with Gasteiger partial charge >= 0.3 is 0 Å². The molecule has 0 unspecified atom stereocenters.